The molecule has 14 heavy (non-hydrogen) atoms. The number of rotatable bonds is 5. The predicted molar refractivity (Wildman–Crippen MR) is 57.6 cm³/mol. The fourth-order valence-electron chi connectivity index (χ4n) is 0.948. The SMILES string of the molecule is CCCCN=C(NC#N)N(C)CCN. The van der Waals surface area contributed by atoms with Crippen LogP contribution in [0.4, 0.5) is 0 Å². The van der Waals surface area contributed by atoms with Crippen LogP contribution in [0.3, 0.4) is 0 Å². The molecule has 0 rings (SSSR count). The molecule has 3 N–H and O–H groups in total. The molecule has 0 aromatic rings. The van der Waals surface area contributed by atoms with Crippen LogP contribution in [0, 0.1) is 11.5 Å². The van der Waals surface area contributed by atoms with Crippen molar-refractivity contribution >= 4 is 5.96 Å². The third kappa shape index (κ3) is 5.38. The minimum Gasteiger partial charge on any atom is -0.344 e. The molecule has 0 heterocycles. The quantitative estimate of drug-likeness (QED) is 0.215. The normalized spacial score (nSPS) is 10.9. The summed E-state index contributed by atoms with van der Waals surface area (Å²) in [6.45, 7) is 4.10. The monoisotopic (exact) mass is 197 g/mol. The van der Waals surface area contributed by atoms with Crippen molar-refractivity contribution in [1.82, 2.24) is 10.2 Å². The van der Waals surface area contributed by atoms with Gasteiger partial charge in [0.2, 0.25) is 5.96 Å². The Morgan fingerprint density at radius 2 is 2.36 bits per heavy atom. The number of nitrogens with one attached hydrogen (secondary N) is 1. The molecule has 80 valence electrons. The lowest BCUT2D eigenvalue weighted by molar-refractivity contribution is 0.499. The summed E-state index contributed by atoms with van der Waals surface area (Å²) in [5, 5.41) is 11.1. The first-order chi connectivity index (χ1) is 6.76. The molecule has 5 heteroatoms. The second kappa shape index (κ2) is 8.32. The predicted octanol–water partition coefficient (Wildman–Crippen LogP) is 0.104. The van der Waals surface area contributed by atoms with Gasteiger partial charge in [0.1, 0.15) is 0 Å². The van der Waals surface area contributed by atoms with Crippen LogP contribution >= 0.6 is 0 Å². The molecular weight excluding hydrogens is 178 g/mol. The lowest BCUT2D eigenvalue weighted by Crippen LogP contribution is -2.39. The molecule has 0 radical (unpaired) electrons. The van der Waals surface area contributed by atoms with Gasteiger partial charge < -0.3 is 10.6 Å². The highest BCUT2D eigenvalue weighted by Gasteiger charge is 2.03. The maximum atomic E-state index is 8.51. The molecule has 0 spiro atoms. The average molecular weight is 197 g/mol. The highest BCUT2D eigenvalue weighted by molar-refractivity contribution is 5.81. The Balaban J connectivity index is 4.12. The molecule has 0 saturated carbocycles. The summed E-state index contributed by atoms with van der Waals surface area (Å²) in [6.07, 6.45) is 4.01. The van der Waals surface area contributed by atoms with E-state index in [9.17, 15) is 0 Å². The number of nitrogens with two attached hydrogens (primary N) is 1. The topological polar surface area (TPSA) is 77.4 Å². The average Bonchev–Trinajstić information content (AvgIpc) is 2.17. The first-order valence-electron chi connectivity index (χ1n) is 4.87. The summed E-state index contributed by atoms with van der Waals surface area (Å²) in [7, 11) is 1.86. The standard InChI is InChI=1S/C9H19N5/c1-3-4-6-12-9(13-8-11)14(2)7-5-10/h3-7,10H2,1-2H3,(H,12,13). The van der Waals surface area contributed by atoms with Gasteiger partial charge in [-0.2, -0.15) is 5.26 Å². The number of nitriles is 1. The van der Waals surface area contributed by atoms with Crippen LogP contribution in [0.2, 0.25) is 0 Å². The Kier molecular flexibility index (Phi) is 7.56. The van der Waals surface area contributed by atoms with Gasteiger partial charge in [-0.3, -0.25) is 10.3 Å². The zero-order valence-electron chi connectivity index (χ0n) is 8.95. The molecule has 0 aliphatic heterocycles. The molecule has 0 fully saturated rings. The second-order valence-electron chi connectivity index (χ2n) is 3.01. The Morgan fingerprint density at radius 1 is 1.64 bits per heavy atom. The maximum Gasteiger partial charge on any atom is 0.207 e. The number of guanidine groups is 1. The van der Waals surface area contributed by atoms with Crippen LogP contribution in [-0.4, -0.2) is 37.5 Å². The zero-order valence-corrected chi connectivity index (χ0v) is 8.95. The number of likely N-dealkylation sites (N-methyl/N-ethyl adjacent to an activating group) is 1. The highest BCUT2D eigenvalue weighted by atomic mass is 15.3. The van der Waals surface area contributed by atoms with Crippen molar-refractivity contribution in [2.24, 2.45) is 10.7 Å². The fraction of sp³-hybridized carbons (Fsp3) is 0.778. The first kappa shape index (κ1) is 12.7. The summed E-state index contributed by atoms with van der Waals surface area (Å²) in [6, 6.07) is 0. The molecule has 0 bridgehead atoms. The van der Waals surface area contributed by atoms with Gasteiger partial charge in [-0.1, -0.05) is 13.3 Å². The molecule has 0 saturated heterocycles. The van der Waals surface area contributed by atoms with E-state index < -0.39 is 0 Å². The van der Waals surface area contributed by atoms with Gasteiger partial charge in [0, 0.05) is 26.7 Å². The maximum absolute atomic E-state index is 8.51. The zero-order chi connectivity index (χ0) is 10.8. The van der Waals surface area contributed by atoms with Crippen molar-refractivity contribution in [3.05, 3.63) is 0 Å². The van der Waals surface area contributed by atoms with E-state index in [1.54, 1.807) is 0 Å². The van der Waals surface area contributed by atoms with E-state index in [1.165, 1.54) is 0 Å². The number of hydrogen-bond donors (Lipinski definition) is 2. The van der Waals surface area contributed by atoms with E-state index in [4.69, 9.17) is 11.0 Å². The van der Waals surface area contributed by atoms with E-state index in [2.05, 4.69) is 17.2 Å². The van der Waals surface area contributed by atoms with Crippen LogP contribution in [0.15, 0.2) is 4.99 Å². The van der Waals surface area contributed by atoms with Gasteiger partial charge in [0.25, 0.3) is 0 Å². The Hall–Kier alpha value is -1.28. The minimum absolute atomic E-state index is 0.552. The van der Waals surface area contributed by atoms with E-state index in [0.29, 0.717) is 19.0 Å². The molecule has 0 aromatic heterocycles. The molecule has 5 nitrogen and oxygen atoms in total. The van der Waals surface area contributed by atoms with E-state index in [1.807, 2.05) is 18.1 Å². The number of hydrogen-bond acceptors (Lipinski definition) is 3. The summed E-state index contributed by atoms with van der Waals surface area (Å²) in [5.41, 5.74) is 5.41. The first-order valence-corrected chi connectivity index (χ1v) is 4.87. The third-order valence-electron chi connectivity index (χ3n) is 1.77. The van der Waals surface area contributed by atoms with Crippen LogP contribution < -0.4 is 11.1 Å². The molecule has 0 atom stereocenters. The number of nitrogens with zero attached hydrogens (tertiary/aromatic N) is 3. The van der Waals surface area contributed by atoms with Crippen molar-refractivity contribution in [2.75, 3.05) is 26.7 Å². The van der Waals surface area contributed by atoms with Gasteiger partial charge in [-0.15, -0.1) is 0 Å². The summed E-state index contributed by atoms with van der Waals surface area (Å²) in [5.74, 6) is 0.603. The van der Waals surface area contributed by atoms with E-state index >= 15 is 0 Å². The second-order valence-corrected chi connectivity index (χ2v) is 3.01. The van der Waals surface area contributed by atoms with Gasteiger partial charge in [-0.05, 0) is 6.42 Å². The van der Waals surface area contributed by atoms with Gasteiger partial charge >= 0.3 is 0 Å². The molecule has 0 amide bonds. The molecule has 0 aromatic carbocycles. The van der Waals surface area contributed by atoms with Crippen LogP contribution in [0.5, 0.6) is 0 Å². The largest absolute Gasteiger partial charge is 0.344 e. The number of aliphatic imine (C=N–C) groups is 1. The van der Waals surface area contributed by atoms with Crippen molar-refractivity contribution in [2.45, 2.75) is 19.8 Å². The lowest BCUT2D eigenvalue weighted by atomic mass is 10.3. The van der Waals surface area contributed by atoms with Crippen LogP contribution in [-0.2, 0) is 0 Å². The van der Waals surface area contributed by atoms with E-state index in [0.717, 1.165) is 19.4 Å². The summed E-state index contributed by atoms with van der Waals surface area (Å²) in [4.78, 5) is 6.12. The molecule has 0 aliphatic rings. The van der Waals surface area contributed by atoms with Gasteiger partial charge in [-0.25, -0.2) is 0 Å². The van der Waals surface area contributed by atoms with Gasteiger partial charge in [0.15, 0.2) is 6.19 Å². The fourth-order valence-corrected chi connectivity index (χ4v) is 0.948. The van der Waals surface area contributed by atoms with Crippen molar-refractivity contribution in [3.8, 4) is 6.19 Å². The Bertz CT molecular complexity index is 206. The Morgan fingerprint density at radius 3 is 2.86 bits per heavy atom. The van der Waals surface area contributed by atoms with Crippen LogP contribution in [0.1, 0.15) is 19.8 Å². The Labute approximate surface area is 85.6 Å². The number of unbranched alkanes of at least 4 members (excludes halogenated alkanes) is 1. The molecule has 0 unspecified atom stereocenters. The third-order valence-corrected chi connectivity index (χ3v) is 1.77. The van der Waals surface area contributed by atoms with Crippen LogP contribution in [0.25, 0.3) is 0 Å². The van der Waals surface area contributed by atoms with Crippen molar-refractivity contribution in [1.29, 1.82) is 5.26 Å². The highest BCUT2D eigenvalue weighted by Crippen LogP contribution is 1.90. The minimum atomic E-state index is 0.552. The van der Waals surface area contributed by atoms with Gasteiger partial charge in [0.05, 0.1) is 0 Å². The molecule has 0 aliphatic carbocycles. The van der Waals surface area contributed by atoms with E-state index in [-0.39, 0.29) is 0 Å². The lowest BCUT2D eigenvalue weighted by Gasteiger charge is -2.18. The molecular formula is C9H19N5. The summed E-state index contributed by atoms with van der Waals surface area (Å²) >= 11 is 0. The summed E-state index contributed by atoms with van der Waals surface area (Å²) < 4.78 is 0. The van der Waals surface area contributed by atoms with Crippen molar-refractivity contribution < 1.29 is 0 Å². The smallest absolute Gasteiger partial charge is 0.207 e. The van der Waals surface area contributed by atoms with Crippen molar-refractivity contribution in [3.63, 3.8) is 0 Å².